The van der Waals surface area contributed by atoms with Gasteiger partial charge in [-0.1, -0.05) is 29.8 Å². The van der Waals surface area contributed by atoms with Gasteiger partial charge in [0.1, 0.15) is 0 Å². The van der Waals surface area contributed by atoms with E-state index in [2.05, 4.69) is 36.3 Å². The first kappa shape index (κ1) is 9.93. The second-order valence-corrected chi connectivity index (χ2v) is 3.55. The van der Waals surface area contributed by atoms with Gasteiger partial charge in [-0.05, 0) is 13.0 Å². The first-order valence-electron chi connectivity index (χ1n) is 5.01. The third-order valence-corrected chi connectivity index (χ3v) is 2.32. The molecule has 0 fully saturated rings. The van der Waals surface area contributed by atoms with Crippen LogP contribution < -0.4 is 0 Å². The Balaban J connectivity index is 2.25. The maximum absolute atomic E-state index is 8.78. The van der Waals surface area contributed by atoms with Gasteiger partial charge in [0.15, 0.2) is 0 Å². The minimum absolute atomic E-state index is 0.120. The Hall–Kier alpha value is -1.61. The van der Waals surface area contributed by atoms with E-state index in [1.165, 1.54) is 5.56 Å². The van der Waals surface area contributed by atoms with Crippen LogP contribution in [-0.4, -0.2) is 21.5 Å². The van der Waals surface area contributed by atoms with Gasteiger partial charge >= 0.3 is 0 Å². The minimum atomic E-state index is 0.120. The van der Waals surface area contributed by atoms with Gasteiger partial charge in [-0.2, -0.15) is 5.10 Å². The number of aliphatic hydroxyl groups is 1. The summed E-state index contributed by atoms with van der Waals surface area (Å²) in [6, 6.07) is 10.2. The fraction of sp³-hybridized carbons (Fsp3) is 0.250. The highest BCUT2D eigenvalue weighted by Crippen LogP contribution is 2.16. The molecule has 0 spiro atoms. The van der Waals surface area contributed by atoms with Crippen molar-refractivity contribution >= 4 is 0 Å². The Labute approximate surface area is 89.0 Å². The summed E-state index contributed by atoms with van der Waals surface area (Å²) in [4.78, 5) is 0. The highest BCUT2D eigenvalue weighted by atomic mass is 16.3. The Morgan fingerprint density at radius 1 is 1.20 bits per heavy atom. The Morgan fingerprint density at radius 3 is 2.60 bits per heavy atom. The van der Waals surface area contributed by atoms with E-state index < -0.39 is 0 Å². The summed E-state index contributed by atoms with van der Waals surface area (Å²) in [7, 11) is 0. The fourth-order valence-corrected chi connectivity index (χ4v) is 1.47. The molecule has 2 aromatic rings. The topological polar surface area (TPSA) is 38.0 Å². The zero-order valence-corrected chi connectivity index (χ0v) is 8.72. The summed E-state index contributed by atoms with van der Waals surface area (Å²) in [5.74, 6) is 0. The number of rotatable bonds is 3. The predicted molar refractivity (Wildman–Crippen MR) is 59.5 cm³/mol. The number of aromatic nitrogens is 2. The van der Waals surface area contributed by atoms with E-state index in [-0.39, 0.29) is 6.61 Å². The SMILES string of the molecule is Cc1ccc(-c2ccn(CCO)n2)cc1. The molecule has 0 bridgehead atoms. The molecule has 1 aromatic carbocycles. The van der Waals surface area contributed by atoms with E-state index in [0.29, 0.717) is 6.54 Å². The van der Waals surface area contributed by atoms with E-state index in [0.717, 1.165) is 11.3 Å². The van der Waals surface area contributed by atoms with E-state index in [9.17, 15) is 0 Å². The maximum Gasteiger partial charge on any atom is 0.0923 e. The predicted octanol–water partition coefficient (Wildman–Crippen LogP) is 1.85. The van der Waals surface area contributed by atoms with Crippen LogP contribution in [0.3, 0.4) is 0 Å². The van der Waals surface area contributed by atoms with Crippen molar-refractivity contribution in [2.45, 2.75) is 13.5 Å². The normalized spacial score (nSPS) is 10.5. The molecule has 0 aliphatic carbocycles. The molecule has 0 unspecified atom stereocenters. The average molecular weight is 202 g/mol. The second kappa shape index (κ2) is 4.28. The number of nitrogens with zero attached hydrogens (tertiary/aromatic N) is 2. The lowest BCUT2D eigenvalue weighted by Crippen LogP contribution is -2.02. The van der Waals surface area contributed by atoms with Crippen LogP contribution in [0.5, 0.6) is 0 Å². The van der Waals surface area contributed by atoms with Crippen molar-refractivity contribution in [3.05, 3.63) is 42.1 Å². The molecule has 1 N–H and O–H groups in total. The quantitative estimate of drug-likeness (QED) is 0.824. The fourth-order valence-electron chi connectivity index (χ4n) is 1.47. The molecule has 0 saturated heterocycles. The second-order valence-electron chi connectivity index (χ2n) is 3.55. The molecule has 1 heterocycles. The third-order valence-electron chi connectivity index (χ3n) is 2.32. The molecule has 15 heavy (non-hydrogen) atoms. The summed E-state index contributed by atoms with van der Waals surface area (Å²) in [5.41, 5.74) is 3.30. The molecule has 0 amide bonds. The molecule has 3 nitrogen and oxygen atoms in total. The molecule has 0 atom stereocenters. The van der Waals surface area contributed by atoms with Gasteiger partial charge in [-0.15, -0.1) is 0 Å². The van der Waals surface area contributed by atoms with Gasteiger partial charge in [0.25, 0.3) is 0 Å². The van der Waals surface area contributed by atoms with Crippen molar-refractivity contribution in [2.24, 2.45) is 0 Å². The third kappa shape index (κ3) is 2.25. The highest BCUT2D eigenvalue weighted by molar-refractivity contribution is 5.58. The number of benzene rings is 1. The van der Waals surface area contributed by atoms with Crippen molar-refractivity contribution in [1.82, 2.24) is 9.78 Å². The monoisotopic (exact) mass is 202 g/mol. The van der Waals surface area contributed by atoms with Gasteiger partial charge in [0.05, 0.1) is 18.8 Å². The van der Waals surface area contributed by atoms with Gasteiger partial charge < -0.3 is 5.11 Å². The molecule has 0 radical (unpaired) electrons. The zero-order valence-electron chi connectivity index (χ0n) is 8.72. The first-order valence-corrected chi connectivity index (χ1v) is 5.01. The van der Waals surface area contributed by atoms with Crippen molar-refractivity contribution in [2.75, 3.05) is 6.61 Å². The largest absolute Gasteiger partial charge is 0.394 e. The van der Waals surface area contributed by atoms with Crippen LogP contribution in [-0.2, 0) is 6.54 Å². The van der Waals surface area contributed by atoms with Gasteiger partial charge in [0.2, 0.25) is 0 Å². The lowest BCUT2D eigenvalue weighted by atomic mass is 10.1. The van der Waals surface area contributed by atoms with Crippen molar-refractivity contribution in [3.8, 4) is 11.3 Å². The smallest absolute Gasteiger partial charge is 0.0923 e. The molecule has 78 valence electrons. The Morgan fingerprint density at radius 2 is 1.93 bits per heavy atom. The Kier molecular flexibility index (Phi) is 2.83. The van der Waals surface area contributed by atoms with Crippen molar-refractivity contribution < 1.29 is 5.11 Å². The van der Waals surface area contributed by atoms with E-state index in [1.54, 1.807) is 4.68 Å². The molecule has 0 saturated carbocycles. The van der Waals surface area contributed by atoms with Crippen LogP contribution in [0.1, 0.15) is 5.56 Å². The van der Waals surface area contributed by atoms with Crippen LogP contribution in [0.4, 0.5) is 0 Å². The molecule has 0 aliphatic rings. The van der Waals surface area contributed by atoms with Crippen LogP contribution in [0.2, 0.25) is 0 Å². The summed E-state index contributed by atoms with van der Waals surface area (Å²) >= 11 is 0. The number of aryl methyl sites for hydroxylation is 1. The summed E-state index contributed by atoms with van der Waals surface area (Å²) in [6.07, 6.45) is 1.88. The van der Waals surface area contributed by atoms with Crippen molar-refractivity contribution in [1.29, 1.82) is 0 Å². The lowest BCUT2D eigenvalue weighted by molar-refractivity contribution is 0.269. The van der Waals surface area contributed by atoms with Crippen LogP contribution >= 0.6 is 0 Å². The number of hydrogen-bond donors (Lipinski definition) is 1. The van der Waals surface area contributed by atoms with Gasteiger partial charge in [0, 0.05) is 11.8 Å². The average Bonchev–Trinajstić information content (AvgIpc) is 2.68. The molecule has 0 aliphatic heterocycles. The highest BCUT2D eigenvalue weighted by Gasteiger charge is 2.01. The Bertz CT molecular complexity index is 431. The van der Waals surface area contributed by atoms with Crippen LogP contribution in [0, 0.1) is 6.92 Å². The van der Waals surface area contributed by atoms with E-state index in [1.807, 2.05) is 12.3 Å². The lowest BCUT2D eigenvalue weighted by Gasteiger charge is -1.98. The zero-order chi connectivity index (χ0) is 10.7. The van der Waals surface area contributed by atoms with E-state index in [4.69, 9.17) is 5.11 Å². The number of hydrogen-bond acceptors (Lipinski definition) is 2. The summed E-state index contributed by atoms with van der Waals surface area (Å²) < 4.78 is 1.75. The number of aliphatic hydroxyl groups excluding tert-OH is 1. The maximum atomic E-state index is 8.78. The van der Waals surface area contributed by atoms with Crippen LogP contribution in [0.25, 0.3) is 11.3 Å². The molecular weight excluding hydrogens is 188 g/mol. The minimum Gasteiger partial charge on any atom is -0.394 e. The first-order chi connectivity index (χ1) is 7.29. The summed E-state index contributed by atoms with van der Waals surface area (Å²) in [5, 5.41) is 13.1. The molecule has 3 heteroatoms. The molecule has 2 rings (SSSR count). The van der Waals surface area contributed by atoms with Crippen molar-refractivity contribution in [3.63, 3.8) is 0 Å². The summed E-state index contributed by atoms with van der Waals surface area (Å²) in [6.45, 7) is 2.73. The van der Waals surface area contributed by atoms with Crippen LogP contribution in [0.15, 0.2) is 36.5 Å². The standard InChI is InChI=1S/C12H14N2O/c1-10-2-4-11(5-3-10)12-6-7-14(13-12)8-9-15/h2-7,15H,8-9H2,1H3. The van der Waals surface area contributed by atoms with Gasteiger partial charge in [-0.25, -0.2) is 0 Å². The van der Waals surface area contributed by atoms with Gasteiger partial charge in [-0.3, -0.25) is 4.68 Å². The van der Waals surface area contributed by atoms with E-state index >= 15 is 0 Å². The molecular formula is C12H14N2O. The molecule has 1 aromatic heterocycles.